The van der Waals surface area contributed by atoms with Gasteiger partial charge in [0.15, 0.2) is 0 Å². The van der Waals surface area contributed by atoms with Crippen molar-refractivity contribution in [2.45, 2.75) is 26.4 Å². The van der Waals surface area contributed by atoms with Gasteiger partial charge in [0.05, 0.1) is 6.10 Å². The molecule has 0 aliphatic carbocycles. The van der Waals surface area contributed by atoms with Crippen molar-refractivity contribution in [3.63, 3.8) is 0 Å². The number of rotatable bonds is 6. The molecule has 2 unspecified atom stereocenters. The predicted molar refractivity (Wildman–Crippen MR) is 90.0 cm³/mol. The monoisotopic (exact) mass is 319 g/mol. The molecule has 22 heavy (non-hydrogen) atoms. The van der Waals surface area contributed by atoms with Gasteiger partial charge in [-0.1, -0.05) is 6.92 Å². The minimum Gasteiger partial charge on any atom is -0.393 e. The van der Waals surface area contributed by atoms with Gasteiger partial charge >= 0.3 is 6.03 Å². The number of carbonyl (C=O) groups excluding carboxylic acids is 1. The van der Waals surface area contributed by atoms with Crippen molar-refractivity contribution in [2.75, 3.05) is 11.9 Å². The van der Waals surface area contributed by atoms with Crippen LogP contribution < -0.4 is 10.6 Å². The van der Waals surface area contributed by atoms with Crippen LogP contribution in [0.5, 0.6) is 0 Å². The largest absolute Gasteiger partial charge is 0.393 e. The highest BCUT2D eigenvalue weighted by atomic mass is 32.1. The van der Waals surface area contributed by atoms with Gasteiger partial charge < -0.3 is 15.7 Å². The molecular formula is C16H21N3O2S. The van der Waals surface area contributed by atoms with E-state index in [0.717, 1.165) is 16.3 Å². The SMILES string of the molecule is CC(O)CC(C)CNC(=O)Nc1ccc(-c2nccs2)cc1. The first-order valence-corrected chi connectivity index (χ1v) is 8.15. The number of amides is 2. The molecule has 5 nitrogen and oxygen atoms in total. The summed E-state index contributed by atoms with van der Waals surface area (Å²) in [5.41, 5.74) is 1.77. The molecule has 2 atom stereocenters. The number of benzene rings is 1. The highest BCUT2D eigenvalue weighted by Crippen LogP contribution is 2.23. The average Bonchev–Trinajstić information content (AvgIpc) is 2.99. The normalized spacial score (nSPS) is 13.4. The third-order valence-electron chi connectivity index (χ3n) is 3.18. The molecule has 2 rings (SSSR count). The number of hydrogen-bond acceptors (Lipinski definition) is 4. The number of nitrogens with zero attached hydrogens (tertiary/aromatic N) is 1. The fourth-order valence-corrected chi connectivity index (χ4v) is 2.81. The molecule has 0 aliphatic heterocycles. The van der Waals surface area contributed by atoms with Crippen molar-refractivity contribution in [3.05, 3.63) is 35.8 Å². The Kier molecular flexibility index (Phi) is 5.91. The molecule has 0 radical (unpaired) electrons. The van der Waals surface area contributed by atoms with E-state index in [-0.39, 0.29) is 18.1 Å². The Bertz CT molecular complexity index is 582. The van der Waals surface area contributed by atoms with E-state index < -0.39 is 0 Å². The number of nitrogens with one attached hydrogen (secondary N) is 2. The standard InChI is InChI=1S/C16H21N3O2S/c1-11(9-12(2)20)10-18-16(21)19-14-5-3-13(4-6-14)15-17-7-8-22-15/h3-8,11-12,20H,9-10H2,1-2H3,(H2,18,19,21). The Balaban J connectivity index is 1.82. The lowest BCUT2D eigenvalue weighted by Crippen LogP contribution is -2.33. The Labute approximate surface area is 134 Å². The van der Waals surface area contributed by atoms with Crippen LogP contribution in [0.3, 0.4) is 0 Å². The summed E-state index contributed by atoms with van der Waals surface area (Å²) < 4.78 is 0. The molecule has 1 aromatic heterocycles. The molecule has 118 valence electrons. The molecule has 1 heterocycles. The zero-order chi connectivity index (χ0) is 15.9. The van der Waals surface area contributed by atoms with E-state index in [0.29, 0.717) is 13.0 Å². The number of aliphatic hydroxyl groups is 1. The van der Waals surface area contributed by atoms with E-state index in [1.165, 1.54) is 0 Å². The van der Waals surface area contributed by atoms with Gasteiger partial charge in [-0.2, -0.15) is 0 Å². The first-order chi connectivity index (χ1) is 10.5. The van der Waals surface area contributed by atoms with Gasteiger partial charge in [0.1, 0.15) is 5.01 Å². The molecule has 6 heteroatoms. The van der Waals surface area contributed by atoms with Crippen LogP contribution in [0.1, 0.15) is 20.3 Å². The van der Waals surface area contributed by atoms with E-state index in [4.69, 9.17) is 0 Å². The quantitative estimate of drug-likeness (QED) is 0.764. The second kappa shape index (κ2) is 7.91. The van der Waals surface area contributed by atoms with Crippen molar-refractivity contribution < 1.29 is 9.90 Å². The van der Waals surface area contributed by atoms with Crippen molar-refractivity contribution in [1.29, 1.82) is 0 Å². The van der Waals surface area contributed by atoms with Gasteiger partial charge in [-0.3, -0.25) is 0 Å². The van der Waals surface area contributed by atoms with Gasteiger partial charge in [-0.15, -0.1) is 11.3 Å². The summed E-state index contributed by atoms with van der Waals surface area (Å²) in [6, 6.07) is 7.35. The highest BCUT2D eigenvalue weighted by Gasteiger charge is 2.08. The van der Waals surface area contributed by atoms with Crippen LogP contribution in [0.4, 0.5) is 10.5 Å². The van der Waals surface area contributed by atoms with Gasteiger partial charge in [-0.05, 0) is 43.5 Å². The van der Waals surface area contributed by atoms with Crippen molar-refractivity contribution >= 4 is 23.1 Å². The number of thiazole rings is 1. The van der Waals surface area contributed by atoms with Gasteiger partial charge in [0, 0.05) is 29.4 Å². The maximum Gasteiger partial charge on any atom is 0.319 e. The molecule has 0 aliphatic rings. The lowest BCUT2D eigenvalue weighted by Gasteiger charge is -2.14. The van der Waals surface area contributed by atoms with Gasteiger partial charge in [-0.25, -0.2) is 9.78 Å². The summed E-state index contributed by atoms with van der Waals surface area (Å²) in [6.45, 7) is 4.28. The number of aromatic nitrogens is 1. The van der Waals surface area contributed by atoms with E-state index in [1.54, 1.807) is 24.5 Å². The summed E-state index contributed by atoms with van der Waals surface area (Å²) in [6.07, 6.45) is 2.09. The van der Waals surface area contributed by atoms with Gasteiger partial charge in [0.25, 0.3) is 0 Å². The third-order valence-corrected chi connectivity index (χ3v) is 4.00. The average molecular weight is 319 g/mol. The molecule has 2 aromatic rings. The fraction of sp³-hybridized carbons (Fsp3) is 0.375. The van der Waals surface area contributed by atoms with Crippen LogP contribution >= 0.6 is 11.3 Å². The molecule has 1 aromatic carbocycles. The third kappa shape index (κ3) is 5.13. The minimum atomic E-state index is -0.349. The Morgan fingerprint density at radius 2 is 2.05 bits per heavy atom. The second-order valence-corrected chi connectivity index (χ2v) is 6.33. The lowest BCUT2D eigenvalue weighted by molar-refractivity contribution is 0.163. The van der Waals surface area contributed by atoms with Gasteiger partial charge in [0.2, 0.25) is 0 Å². The molecule has 0 spiro atoms. The van der Waals surface area contributed by atoms with Crippen LogP contribution in [0.25, 0.3) is 10.6 Å². The van der Waals surface area contributed by atoms with E-state index >= 15 is 0 Å². The summed E-state index contributed by atoms with van der Waals surface area (Å²) >= 11 is 1.58. The Hall–Kier alpha value is -1.92. The number of carbonyl (C=O) groups is 1. The van der Waals surface area contributed by atoms with Crippen molar-refractivity contribution in [3.8, 4) is 10.6 Å². The number of aliphatic hydroxyl groups excluding tert-OH is 1. The Morgan fingerprint density at radius 3 is 2.64 bits per heavy atom. The molecular weight excluding hydrogens is 298 g/mol. The van der Waals surface area contributed by atoms with Crippen LogP contribution in [0.2, 0.25) is 0 Å². The number of urea groups is 1. The van der Waals surface area contributed by atoms with Crippen LogP contribution in [-0.2, 0) is 0 Å². The number of anilines is 1. The maximum atomic E-state index is 11.8. The summed E-state index contributed by atoms with van der Waals surface area (Å²) in [5, 5.41) is 17.8. The predicted octanol–water partition coefficient (Wildman–Crippen LogP) is 3.34. The first kappa shape index (κ1) is 16.5. The number of hydrogen-bond donors (Lipinski definition) is 3. The van der Waals surface area contributed by atoms with Crippen molar-refractivity contribution in [2.24, 2.45) is 5.92 Å². The summed E-state index contributed by atoms with van der Waals surface area (Å²) in [4.78, 5) is 16.1. The molecule has 0 bridgehead atoms. The molecule has 3 N–H and O–H groups in total. The molecule has 2 amide bonds. The lowest BCUT2D eigenvalue weighted by atomic mass is 10.1. The topological polar surface area (TPSA) is 74.2 Å². The zero-order valence-electron chi connectivity index (χ0n) is 12.7. The smallest absolute Gasteiger partial charge is 0.319 e. The second-order valence-electron chi connectivity index (χ2n) is 5.44. The van der Waals surface area contributed by atoms with Crippen LogP contribution in [-0.4, -0.2) is 28.8 Å². The van der Waals surface area contributed by atoms with E-state index in [9.17, 15) is 9.90 Å². The molecule has 0 fully saturated rings. The van der Waals surface area contributed by atoms with E-state index in [2.05, 4.69) is 15.6 Å². The van der Waals surface area contributed by atoms with Crippen LogP contribution in [0.15, 0.2) is 35.8 Å². The summed E-state index contributed by atoms with van der Waals surface area (Å²) in [7, 11) is 0. The zero-order valence-corrected chi connectivity index (χ0v) is 13.6. The van der Waals surface area contributed by atoms with E-state index in [1.807, 2.05) is 36.6 Å². The highest BCUT2D eigenvalue weighted by molar-refractivity contribution is 7.13. The maximum absolute atomic E-state index is 11.8. The fourth-order valence-electron chi connectivity index (χ4n) is 2.17. The minimum absolute atomic E-state index is 0.234. The summed E-state index contributed by atoms with van der Waals surface area (Å²) in [5.74, 6) is 0.234. The Morgan fingerprint density at radius 1 is 1.32 bits per heavy atom. The van der Waals surface area contributed by atoms with Crippen molar-refractivity contribution in [1.82, 2.24) is 10.3 Å². The molecule has 0 saturated heterocycles. The molecule has 0 saturated carbocycles. The van der Waals surface area contributed by atoms with Crippen LogP contribution in [0, 0.1) is 5.92 Å². The first-order valence-electron chi connectivity index (χ1n) is 7.27.